The summed E-state index contributed by atoms with van der Waals surface area (Å²) in [7, 11) is -1.25. The number of nitrogens with one attached hydrogen (secondary N) is 1. The molecule has 0 heterocycles. The van der Waals surface area contributed by atoms with Gasteiger partial charge in [0, 0.05) is 16.8 Å². The van der Waals surface area contributed by atoms with Crippen LogP contribution in [-0.2, 0) is 15.5 Å². The molecule has 0 aromatic heterocycles. The molecular formula is C21H25NO4S. The second-order valence-electron chi connectivity index (χ2n) is 6.77. The fourth-order valence-corrected chi connectivity index (χ4v) is 2.94. The predicted octanol–water partition coefficient (Wildman–Crippen LogP) is 5.02. The molecule has 6 heteroatoms. The fourth-order valence-electron chi connectivity index (χ4n) is 2.07. The number of hydrogen-bond donors (Lipinski definition) is 1. The summed E-state index contributed by atoms with van der Waals surface area (Å²) < 4.78 is 23.1. The minimum absolute atomic E-state index is 0.423. The van der Waals surface area contributed by atoms with E-state index in [4.69, 9.17) is 9.47 Å². The third-order valence-corrected chi connectivity index (χ3v) is 4.41. The number of rotatable bonds is 7. The number of benzene rings is 2. The number of para-hydroxylation sites is 1. The van der Waals surface area contributed by atoms with Crippen LogP contribution in [0.1, 0.15) is 27.2 Å². The Balaban J connectivity index is 1.77. The number of carbonyl (C=O) groups is 1. The smallest absolute Gasteiger partial charge is 0.407 e. The standard InChI is InChI=1S/C21H25NO4S/c1-21(2,3)26-20(23)22-15-7-8-16-27(24)19-13-11-18(12-14-19)25-17-9-5-4-6-10-17/h4-6,8-14,16H,7,15H2,1-3H3,(H,22,23)/b16-8+. The van der Waals surface area contributed by atoms with Gasteiger partial charge in [0.15, 0.2) is 0 Å². The molecule has 0 saturated carbocycles. The van der Waals surface area contributed by atoms with E-state index in [1.807, 2.05) is 51.1 Å². The average molecular weight is 388 g/mol. The third-order valence-electron chi connectivity index (χ3n) is 3.23. The van der Waals surface area contributed by atoms with Crippen molar-refractivity contribution in [1.29, 1.82) is 0 Å². The van der Waals surface area contributed by atoms with Crippen molar-refractivity contribution in [1.82, 2.24) is 5.32 Å². The van der Waals surface area contributed by atoms with Crippen molar-refractivity contribution < 1.29 is 18.5 Å². The molecule has 0 aliphatic rings. The van der Waals surface area contributed by atoms with Crippen LogP contribution in [0, 0.1) is 0 Å². The van der Waals surface area contributed by atoms with E-state index in [2.05, 4.69) is 5.32 Å². The summed E-state index contributed by atoms with van der Waals surface area (Å²) in [6, 6.07) is 16.6. The van der Waals surface area contributed by atoms with Crippen LogP contribution >= 0.6 is 0 Å². The molecule has 144 valence electrons. The maximum atomic E-state index is 12.3. The van der Waals surface area contributed by atoms with Crippen molar-refractivity contribution in [3.63, 3.8) is 0 Å². The normalized spacial score (nSPS) is 12.6. The molecule has 1 unspecified atom stereocenters. The van der Waals surface area contributed by atoms with E-state index in [1.54, 1.807) is 35.7 Å². The molecule has 0 aliphatic carbocycles. The van der Waals surface area contributed by atoms with Gasteiger partial charge >= 0.3 is 6.09 Å². The van der Waals surface area contributed by atoms with Crippen LogP contribution < -0.4 is 10.1 Å². The average Bonchev–Trinajstić information content (AvgIpc) is 2.61. The maximum absolute atomic E-state index is 12.3. The molecule has 0 spiro atoms. The first-order valence-electron chi connectivity index (χ1n) is 8.70. The molecule has 0 radical (unpaired) electrons. The summed E-state index contributed by atoms with van der Waals surface area (Å²) in [5.74, 6) is 1.44. The lowest BCUT2D eigenvalue weighted by atomic mass is 10.2. The van der Waals surface area contributed by atoms with Crippen LogP contribution in [0.4, 0.5) is 4.79 Å². The molecule has 27 heavy (non-hydrogen) atoms. The monoisotopic (exact) mass is 387 g/mol. The number of ether oxygens (including phenoxy) is 2. The zero-order chi connectivity index (χ0) is 19.7. The van der Waals surface area contributed by atoms with Crippen LogP contribution in [0.15, 0.2) is 71.0 Å². The Kier molecular flexibility index (Phi) is 7.61. The molecule has 2 rings (SSSR count). The van der Waals surface area contributed by atoms with Gasteiger partial charge in [0.25, 0.3) is 0 Å². The zero-order valence-corrected chi connectivity index (χ0v) is 16.6. The summed E-state index contributed by atoms with van der Waals surface area (Å²) in [5, 5.41) is 4.27. The van der Waals surface area contributed by atoms with E-state index in [9.17, 15) is 9.00 Å². The van der Waals surface area contributed by atoms with Gasteiger partial charge in [-0.3, -0.25) is 0 Å². The Morgan fingerprint density at radius 3 is 2.30 bits per heavy atom. The minimum atomic E-state index is -1.25. The van der Waals surface area contributed by atoms with Gasteiger partial charge in [0.1, 0.15) is 17.1 Å². The van der Waals surface area contributed by atoms with Crippen molar-refractivity contribution >= 4 is 16.9 Å². The van der Waals surface area contributed by atoms with E-state index in [0.29, 0.717) is 23.6 Å². The van der Waals surface area contributed by atoms with Crippen molar-refractivity contribution in [3.05, 3.63) is 66.1 Å². The molecule has 2 aromatic carbocycles. The zero-order valence-electron chi connectivity index (χ0n) is 15.8. The Labute approximate surface area is 162 Å². The first-order chi connectivity index (χ1) is 12.8. The van der Waals surface area contributed by atoms with E-state index in [-0.39, 0.29) is 0 Å². The lowest BCUT2D eigenvalue weighted by molar-refractivity contribution is 0.0529. The lowest BCUT2D eigenvalue weighted by Gasteiger charge is -2.19. The van der Waals surface area contributed by atoms with Gasteiger partial charge in [-0.25, -0.2) is 9.00 Å². The molecule has 2 aromatic rings. The van der Waals surface area contributed by atoms with Crippen LogP contribution in [0.3, 0.4) is 0 Å². The highest BCUT2D eigenvalue weighted by molar-refractivity contribution is 7.88. The molecule has 0 bridgehead atoms. The molecule has 1 amide bonds. The molecular weight excluding hydrogens is 362 g/mol. The molecule has 5 nitrogen and oxygen atoms in total. The van der Waals surface area contributed by atoms with Gasteiger partial charge in [0.2, 0.25) is 0 Å². The largest absolute Gasteiger partial charge is 0.457 e. The van der Waals surface area contributed by atoms with Gasteiger partial charge in [-0.1, -0.05) is 24.3 Å². The molecule has 1 atom stereocenters. The summed E-state index contributed by atoms with van der Waals surface area (Å²) in [5.41, 5.74) is -0.516. The Morgan fingerprint density at radius 1 is 1.04 bits per heavy atom. The van der Waals surface area contributed by atoms with Gasteiger partial charge in [0.05, 0.1) is 10.8 Å². The van der Waals surface area contributed by atoms with Gasteiger partial charge in [-0.05, 0) is 63.6 Å². The summed E-state index contributed by atoms with van der Waals surface area (Å²) in [6.07, 6.45) is 1.90. The Hall–Kier alpha value is -2.60. The Bertz CT molecular complexity index is 780. The number of hydrogen-bond acceptors (Lipinski definition) is 4. The molecule has 1 N–H and O–H groups in total. The quantitative estimate of drug-likeness (QED) is 0.678. The first-order valence-corrected chi connectivity index (χ1v) is 9.92. The van der Waals surface area contributed by atoms with Gasteiger partial charge in [-0.15, -0.1) is 0 Å². The third kappa shape index (κ3) is 8.09. The maximum Gasteiger partial charge on any atom is 0.407 e. The highest BCUT2D eigenvalue weighted by Crippen LogP contribution is 2.22. The summed E-state index contributed by atoms with van der Waals surface area (Å²) >= 11 is 0. The summed E-state index contributed by atoms with van der Waals surface area (Å²) in [6.45, 7) is 5.86. The predicted molar refractivity (Wildman–Crippen MR) is 107 cm³/mol. The van der Waals surface area contributed by atoms with E-state index < -0.39 is 22.5 Å². The van der Waals surface area contributed by atoms with Crippen molar-refractivity contribution in [2.45, 2.75) is 37.7 Å². The van der Waals surface area contributed by atoms with Crippen LogP contribution in [-0.4, -0.2) is 22.4 Å². The highest BCUT2D eigenvalue weighted by atomic mass is 32.2. The van der Waals surface area contributed by atoms with Crippen LogP contribution in [0.2, 0.25) is 0 Å². The topological polar surface area (TPSA) is 64.6 Å². The number of carbonyl (C=O) groups excluding carboxylic acids is 1. The van der Waals surface area contributed by atoms with Crippen molar-refractivity contribution in [2.24, 2.45) is 0 Å². The second kappa shape index (κ2) is 9.92. The molecule has 0 saturated heterocycles. The van der Waals surface area contributed by atoms with E-state index in [0.717, 1.165) is 5.75 Å². The van der Waals surface area contributed by atoms with Gasteiger partial charge < -0.3 is 14.8 Å². The van der Waals surface area contributed by atoms with Gasteiger partial charge in [-0.2, -0.15) is 0 Å². The van der Waals surface area contributed by atoms with Crippen LogP contribution in [0.25, 0.3) is 0 Å². The number of amides is 1. The minimum Gasteiger partial charge on any atom is -0.457 e. The van der Waals surface area contributed by atoms with Crippen molar-refractivity contribution in [3.8, 4) is 11.5 Å². The molecule has 0 fully saturated rings. The second-order valence-corrected chi connectivity index (χ2v) is 8.11. The Morgan fingerprint density at radius 2 is 1.67 bits per heavy atom. The highest BCUT2D eigenvalue weighted by Gasteiger charge is 2.15. The van der Waals surface area contributed by atoms with Crippen LogP contribution in [0.5, 0.6) is 11.5 Å². The summed E-state index contributed by atoms with van der Waals surface area (Å²) in [4.78, 5) is 12.2. The SMILES string of the molecule is CC(C)(C)OC(=O)NCC/C=C/S(=O)c1ccc(Oc2ccccc2)cc1. The molecule has 0 aliphatic heterocycles. The van der Waals surface area contributed by atoms with Crippen molar-refractivity contribution in [2.75, 3.05) is 6.54 Å². The van der Waals surface area contributed by atoms with E-state index in [1.165, 1.54) is 0 Å². The van der Waals surface area contributed by atoms with E-state index >= 15 is 0 Å². The lowest BCUT2D eigenvalue weighted by Crippen LogP contribution is -2.32. The fraction of sp³-hybridized carbons (Fsp3) is 0.286. The number of alkyl carbamates (subject to hydrolysis) is 1. The first kappa shape index (κ1) is 20.7.